The average Bonchev–Trinajstić information content (AvgIpc) is 2.96. The normalized spacial score (nSPS) is 14.1. The predicted molar refractivity (Wildman–Crippen MR) is 111 cm³/mol. The highest BCUT2D eigenvalue weighted by atomic mass is 16.5. The third kappa shape index (κ3) is 5.56. The lowest BCUT2D eigenvalue weighted by Crippen LogP contribution is -2.35. The molecule has 1 atom stereocenters. The van der Waals surface area contributed by atoms with E-state index >= 15 is 0 Å². The zero-order valence-electron chi connectivity index (χ0n) is 17.3. The molecule has 0 saturated carbocycles. The number of hydrogen-bond acceptors (Lipinski definition) is 5. The molecule has 6 nitrogen and oxygen atoms in total. The van der Waals surface area contributed by atoms with E-state index in [1.54, 1.807) is 6.07 Å². The van der Waals surface area contributed by atoms with Crippen molar-refractivity contribution in [2.45, 2.75) is 33.2 Å². The number of benzene rings is 2. The molecule has 0 unspecified atom stereocenters. The number of hydrogen-bond donors (Lipinski definition) is 1. The van der Waals surface area contributed by atoms with Crippen molar-refractivity contribution < 1.29 is 23.7 Å². The third-order valence-electron chi connectivity index (χ3n) is 4.62. The van der Waals surface area contributed by atoms with E-state index in [2.05, 4.69) is 19.2 Å². The molecule has 1 heterocycles. The van der Waals surface area contributed by atoms with E-state index < -0.39 is 0 Å². The summed E-state index contributed by atoms with van der Waals surface area (Å²) in [5.41, 5.74) is 0.979. The van der Waals surface area contributed by atoms with E-state index in [0.29, 0.717) is 31.3 Å². The van der Waals surface area contributed by atoms with Crippen molar-refractivity contribution in [2.24, 2.45) is 5.92 Å². The van der Waals surface area contributed by atoms with Gasteiger partial charge in [-0.2, -0.15) is 0 Å². The van der Waals surface area contributed by atoms with Crippen LogP contribution in [0, 0.1) is 5.92 Å². The number of fused-ring (bicyclic) bond motifs is 1. The van der Waals surface area contributed by atoms with Crippen molar-refractivity contribution in [3.63, 3.8) is 0 Å². The Balaban J connectivity index is 1.66. The third-order valence-corrected chi connectivity index (χ3v) is 4.62. The summed E-state index contributed by atoms with van der Waals surface area (Å²) < 4.78 is 22.7. The largest absolute Gasteiger partial charge is 0.490 e. The van der Waals surface area contributed by atoms with E-state index in [0.717, 1.165) is 23.5 Å². The van der Waals surface area contributed by atoms with Crippen LogP contribution in [-0.4, -0.2) is 32.3 Å². The van der Waals surface area contributed by atoms with Crippen LogP contribution in [0.15, 0.2) is 42.5 Å². The molecule has 2 aromatic carbocycles. The summed E-state index contributed by atoms with van der Waals surface area (Å²) in [5.74, 6) is 2.66. The molecule has 0 aliphatic carbocycles. The minimum atomic E-state index is -0.192. The quantitative estimate of drug-likeness (QED) is 0.723. The molecule has 0 bridgehead atoms. The number of para-hydroxylation sites is 2. The van der Waals surface area contributed by atoms with Gasteiger partial charge in [-0.05, 0) is 42.7 Å². The summed E-state index contributed by atoms with van der Waals surface area (Å²) in [6.07, 6.45) is 0.856. The maximum absolute atomic E-state index is 12.6. The SMILES string of the molecule is CCOc1ccccc1OCC(=O)N[C@@H](c1ccc2c(c1)OCCCO2)C(C)C. The van der Waals surface area contributed by atoms with Gasteiger partial charge < -0.3 is 24.3 Å². The van der Waals surface area contributed by atoms with Gasteiger partial charge in [0.15, 0.2) is 29.6 Å². The topological polar surface area (TPSA) is 66.0 Å². The van der Waals surface area contributed by atoms with Gasteiger partial charge in [0.25, 0.3) is 5.91 Å². The molecule has 1 amide bonds. The van der Waals surface area contributed by atoms with Crippen molar-refractivity contribution in [3.05, 3.63) is 48.0 Å². The standard InChI is InChI=1S/C23H29NO5/c1-4-26-18-8-5-6-9-19(18)29-15-22(25)24-23(16(2)3)17-10-11-20-21(14-17)28-13-7-12-27-20/h5-6,8-11,14,16,23H,4,7,12-13,15H2,1-3H3,(H,24,25)/t23-/m1/s1. The molecule has 156 valence electrons. The number of carbonyl (C=O) groups is 1. The van der Waals surface area contributed by atoms with E-state index in [4.69, 9.17) is 18.9 Å². The Morgan fingerprint density at radius 2 is 1.72 bits per heavy atom. The Kier molecular flexibility index (Phi) is 7.22. The Morgan fingerprint density at radius 3 is 2.41 bits per heavy atom. The van der Waals surface area contributed by atoms with Crippen LogP contribution in [-0.2, 0) is 4.79 Å². The van der Waals surface area contributed by atoms with Crippen molar-refractivity contribution in [1.82, 2.24) is 5.32 Å². The fourth-order valence-corrected chi connectivity index (χ4v) is 3.21. The summed E-state index contributed by atoms with van der Waals surface area (Å²) >= 11 is 0. The number of nitrogens with one attached hydrogen (secondary N) is 1. The monoisotopic (exact) mass is 399 g/mol. The zero-order chi connectivity index (χ0) is 20.6. The van der Waals surface area contributed by atoms with Crippen LogP contribution in [0.4, 0.5) is 0 Å². The summed E-state index contributed by atoms with van der Waals surface area (Å²) in [7, 11) is 0. The van der Waals surface area contributed by atoms with Crippen LogP contribution < -0.4 is 24.3 Å². The first-order valence-corrected chi connectivity index (χ1v) is 10.1. The summed E-state index contributed by atoms with van der Waals surface area (Å²) in [6, 6.07) is 13.0. The second-order valence-electron chi connectivity index (χ2n) is 7.21. The molecule has 0 fully saturated rings. The highest BCUT2D eigenvalue weighted by Gasteiger charge is 2.21. The average molecular weight is 399 g/mol. The molecular weight excluding hydrogens is 370 g/mol. The van der Waals surface area contributed by atoms with Gasteiger partial charge in [0.05, 0.1) is 25.9 Å². The molecule has 0 saturated heterocycles. The molecular formula is C23H29NO5. The lowest BCUT2D eigenvalue weighted by Gasteiger charge is -2.24. The first-order chi connectivity index (χ1) is 14.1. The van der Waals surface area contributed by atoms with Gasteiger partial charge >= 0.3 is 0 Å². The fraction of sp³-hybridized carbons (Fsp3) is 0.435. The van der Waals surface area contributed by atoms with Gasteiger partial charge in [-0.1, -0.05) is 32.0 Å². The Morgan fingerprint density at radius 1 is 1.03 bits per heavy atom. The van der Waals surface area contributed by atoms with Gasteiger partial charge in [0, 0.05) is 6.42 Å². The number of carbonyl (C=O) groups excluding carboxylic acids is 1. The maximum Gasteiger partial charge on any atom is 0.258 e. The smallest absolute Gasteiger partial charge is 0.258 e. The molecule has 1 aliphatic heterocycles. The van der Waals surface area contributed by atoms with Gasteiger partial charge in [0.2, 0.25) is 0 Å². The Hall–Kier alpha value is -2.89. The first-order valence-electron chi connectivity index (χ1n) is 10.1. The second-order valence-corrected chi connectivity index (χ2v) is 7.21. The van der Waals surface area contributed by atoms with Crippen molar-refractivity contribution >= 4 is 5.91 Å². The zero-order valence-corrected chi connectivity index (χ0v) is 17.3. The highest BCUT2D eigenvalue weighted by Crippen LogP contribution is 2.34. The van der Waals surface area contributed by atoms with Crippen molar-refractivity contribution in [1.29, 1.82) is 0 Å². The van der Waals surface area contributed by atoms with Crippen LogP contribution in [0.2, 0.25) is 0 Å². The van der Waals surface area contributed by atoms with Crippen molar-refractivity contribution in [2.75, 3.05) is 26.4 Å². The lowest BCUT2D eigenvalue weighted by atomic mass is 9.95. The van der Waals surface area contributed by atoms with Gasteiger partial charge in [0.1, 0.15) is 0 Å². The molecule has 6 heteroatoms. The number of rotatable bonds is 8. The highest BCUT2D eigenvalue weighted by molar-refractivity contribution is 5.78. The van der Waals surface area contributed by atoms with Crippen LogP contribution in [0.5, 0.6) is 23.0 Å². The van der Waals surface area contributed by atoms with E-state index in [-0.39, 0.29) is 24.5 Å². The van der Waals surface area contributed by atoms with Crippen LogP contribution in [0.25, 0.3) is 0 Å². The Bertz CT molecular complexity index is 821. The Labute approximate surface area is 172 Å². The number of amides is 1. The fourth-order valence-electron chi connectivity index (χ4n) is 3.21. The minimum Gasteiger partial charge on any atom is -0.490 e. The van der Waals surface area contributed by atoms with Crippen molar-refractivity contribution in [3.8, 4) is 23.0 Å². The second kappa shape index (κ2) is 10.0. The molecule has 0 spiro atoms. The molecule has 0 radical (unpaired) electrons. The van der Waals surface area contributed by atoms with Crippen LogP contribution in [0.1, 0.15) is 38.8 Å². The number of ether oxygens (including phenoxy) is 4. The molecule has 2 aromatic rings. The van der Waals surface area contributed by atoms with Gasteiger partial charge in [-0.25, -0.2) is 0 Å². The summed E-state index contributed by atoms with van der Waals surface area (Å²) in [5, 5.41) is 3.08. The predicted octanol–water partition coefficient (Wildman–Crippen LogP) is 4.14. The molecule has 1 aliphatic rings. The summed E-state index contributed by atoms with van der Waals surface area (Å²) in [6.45, 7) is 7.77. The lowest BCUT2D eigenvalue weighted by molar-refractivity contribution is -0.124. The van der Waals surface area contributed by atoms with E-state index in [1.807, 2.05) is 43.3 Å². The first kappa shape index (κ1) is 20.8. The van der Waals surface area contributed by atoms with E-state index in [1.165, 1.54) is 0 Å². The van der Waals surface area contributed by atoms with Gasteiger partial charge in [-0.15, -0.1) is 0 Å². The minimum absolute atomic E-state index is 0.0855. The maximum atomic E-state index is 12.6. The van der Waals surface area contributed by atoms with Gasteiger partial charge in [-0.3, -0.25) is 4.79 Å². The molecule has 1 N–H and O–H groups in total. The molecule has 0 aromatic heterocycles. The summed E-state index contributed by atoms with van der Waals surface area (Å²) in [4.78, 5) is 12.6. The van der Waals surface area contributed by atoms with Crippen LogP contribution in [0.3, 0.4) is 0 Å². The molecule has 29 heavy (non-hydrogen) atoms. The van der Waals surface area contributed by atoms with Crippen LogP contribution >= 0.6 is 0 Å². The van der Waals surface area contributed by atoms with E-state index in [9.17, 15) is 4.79 Å². The molecule has 3 rings (SSSR count).